The Bertz CT molecular complexity index is 771. The SMILES string of the molecule is CC[C@]12CCC3C(CC(CO)C4=CC(=NO)CC[C@@H]43)C1CC[C@@]21C=CC(=O)O1. The fourth-order valence-electron chi connectivity index (χ4n) is 8.04. The van der Waals surface area contributed by atoms with Gasteiger partial charge >= 0.3 is 5.97 Å². The molecule has 1 aliphatic heterocycles. The minimum atomic E-state index is -0.400. The van der Waals surface area contributed by atoms with Crippen molar-refractivity contribution in [3.63, 3.8) is 0 Å². The zero-order valence-corrected chi connectivity index (χ0v) is 16.6. The highest BCUT2D eigenvalue weighted by Gasteiger charge is 2.66. The molecular formula is C23H31NO4. The lowest BCUT2D eigenvalue weighted by Gasteiger charge is -2.57. The Morgan fingerprint density at radius 2 is 2.11 bits per heavy atom. The molecule has 28 heavy (non-hydrogen) atoms. The zero-order chi connectivity index (χ0) is 19.5. The number of oxime groups is 1. The molecule has 0 saturated heterocycles. The molecule has 5 nitrogen and oxygen atoms in total. The van der Waals surface area contributed by atoms with Crippen LogP contribution in [0.15, 0.2) is 29.0 Å². The average Bonchev–Trinajstić information content (AvgIpc) is 3.27. The molecule has 4 aliphatic carbocycles. The van der Waals surface area contributed by atoms with E-state index in [1.165, 1.54) is 5.57 Å². The van der Waals surface area contributed by atoms with Crippen LogP contribution in [0.4, 0.5) is 0 Å². The molecule has 1 spiro atoms. The molecule has 0 aromatic heterocycles. The first-order valence-corrected chi connectivity index (χ1v) is 11.0. The summed E-state index contributed by atoms with van der Waals surface area (Å²) in [5.74, 6) is 2.24. The molecule has 3 saturated carbocycles. The summed E-state index contributed by atoms with van der Waals surface area (Å²) in [5.41, 5.74) is 1.71. The van der Waals surface area contributed by atoms with E-state index >= 15 is 0 Å². The quantitative estimate of drug-likeness (QED) is 0.430. The van der Waals surface area contributed by atoms with E-state index in [-0.39, 0.29) is 23.9 Å². The summed E-state index contributed by atoms with van der Waals surface area (Å²) in [7, 11) is 0. The summed E-state index contributed by atoms with van der Waals surface area (Å²) in [5, 5.41) is 22.8. The van der Waals surface area contributed by atoms with Gasteiger partial charge in [0.15, 0.2) is 0 Å². The van der Waals surface area contributed by atoms with Gasteiger partial charge in [-0.2, -0.15) is 0 Å². The van der Waals surface area contributed by atoms with Crippen LogP contribution in [0.1, 0.15) is 58.3 Å². The molecule has 5 rings (SSSR count). The van der Waals surface area contributed by atoms with Crippen molar-refractivity contribution in [2.75, 3.05) is 6.61 Å². The van der Waals surface area contributed by atoms with Crippen LogP contribution in [0.25, 0.3) is 0 Å². The minimum absolute atomic E-state index is 0.0461. The highest BCUT2D eigenvalue weighted by atomic mass is 16.6. The number of fused-ring (bicyclic) bond motifs is 6. The highest BCUT2D eigenvalue weighted by molar-refractivity contribution is 5.96. The van der Waals surface area contributed by atoms with Crippen molar-refractivity contribution < 1.29 is 19.8 Å². The fraction of sp³-hybridized carbons (Fsp3) is 0.739. The largest absolute Gasteiger partial charge is 0.451 e. The first-order chi connectivity index (χ1) is 13.6. The maximum absolute atomic E-state index is 12.0. The van der Waals surface area contributed by atoms with Crippen molar-refractivity contribution in [2.24, 2.45) is 40.2 Å². The maximum Gasteiger partial charge on any atom is 0.331 e. The molecule has 0 aromatic rings. The molecule has 0 radical (unpaired) electrons. The second-order valence-corrected chi connectivity index (χ2v) is 9.66. The van der Waals surface area contributed by atoms with Crippen LogP contribution in [0.3, 0.4) is 0 Å². The lowest BCUT2D eigenvalue weighted by molar-refractivity contribution is -0.165. The van der Waals surface area contributed by atoms with Gasteiger partial charge in [-0.15, -0.1) is 0 Å². The van der Waals surface area contributed by atoms with E-state index in [4.69, 9.17) is 4.74 Å². The van der Waals surface area contributed by atoms with Crippen molar-refractivity contribution >= 4 is 11.7 Å². The third kappa shape index (κ3) is 2.28. The molecule has 3 fully saturated rings. The standard InChI is InChI=1S/C23H31NO4/c1-2-22-8-5-17-16-4-3-15(24-27)12-18(16)14(13-25)11-19(17)20(22)6-9-23(22)10-7-21(26)28-23/h7,10,12,14,16-17,19-20,25,27H,2-6,8-9,11,13H2,1H3/t14?,16-,17?,19?,20?,22+,23-/m1/s1. The average molecular weight is 386 g/mol. The van der Waals surface area contributed by atoms with Crippen LogP contribution in [0.2, 0.25) is 0 Å². The van der Waals surface area contributed by atoms with Gasteiger partial charge in [-0.3, -0.25) is 0 Å². The summed E-state index contributed by atoms with van der Waals surface area (Å²) in [6, 6.07) is 0. The van der Waals surface area contributed by atoms with Crippen LogP contribution in [0.5, 0.6) is 0 Å². The van der Waals surface area contributed by atoms with E-state index in [1.807, 2.05) is 0 Å². The predicted molar refractivity (Wildman–Crippen MR) is 105 cm³/mol. The fourth-order valence-corrected chi connectivity index (χ4v) is 8.04. The van der Waals surface area contributed by atoms with Crippen molar-refractivity contribution in [1.29, 1.82) is 0 Å². The highest BCUT2D eigenvalue weighted by Crippen LogP contribution is 2.68. The third-order valence-electron chi connectivity index (χ3n) is 9.14. The predicted octanol–water partition coefficient (Wildman–Crippen LogP) is 3.85. The van der Waals surface area contributed by atoms with Crippen LogP contribution >= 0.6 is 0 Å². The monoisotopic (exact) mass is 385 g/mol. The number of nitrogens with zero attached hydrogens (tertiary/aromatic N) is 1. The Balaban J connectivity index is 1.51. The third-order valence-corrected chi connectivity index (χ3v) is 9.14. The number of ether oxygens (including phenoxy) is 1. The van der Waals surface area contributed by atoms with E-state index in [2.05, 4.69) is 24.2 Å². The molecule has 7 atom stereocenters. The summed E-state index contributed by atoms with van der Waals surface area (Å²) >= 11 is 0. The van der Waals surface area contributed by atoms with Crippen molar-refractivity contribution in [1.82, 2.24) is 0 Å². The van der Waals surface area contributed by atoms with Gasteiger partial charge in [0.05, 0.1) is 5.71 Å². The number of carbonyl (C=O) groups is 1. The Hall–Kier alpha value is -1.62. The van der Waals surface area contributed by atoms with E-state index in [0.29, 0.717) is 23.7 Å². The van der Waals surface area contributed by atoms with Crippen LogP contribution in [0, 0.1) is 35.0 Å². The second kappa shape index (κ2) is 6.45. The number of aliphatic hydroxyl groups is 1. The molecule has 5 heteroatoms. The molecule has 4 unspecified atom stereocenters. The van der Waals surface area contributed by atoms with Gasteiger partial charge < -0.3 is 15.1 Å². The maximum atomic E-state index is 12.0. The van der Waals surface area contributed by atoms with Crippen LogP contribution in [-0.4, -0.2) is 34.2 Å². The topological polar surface area (TPSA) is 79.1 Å². The minimum Gasteiger partial charge on any atom is -0.451 e. The number of carbonyl (C=O) groups excluding carboxylic acids is 1. The molecule has 0 bridgehead atoms. The number of hydrogen-bond acceptors (Lipinski definition) is 5. The zero-order valence-electron chi connectivity index (χ0n) is 16.6. The van der Waals surface area contributed by atoms with Crippen molar-refractivity contribution in [3.05, 3.63) is 23.8 Å². The first kappa shape index (κ1) is 18.4. The number of allylic oxidation sites excluding steroid dienone is 1. The van der Waals surface area contributed by atoms with Gasteiger partial charge in [0.2, 0.25) is 0 Å². The van der Waals surface area contributed by atoms with Crippen molar-refractivity contribution in [2.45, 2.75) is 63.9 Å². The summed E-state index contributed by atoms with van der Waals surface area (Å²) in [6.45, 7) is 2.43. The number of esters is 1. The van der Waals surface area contributed by atoms with Crippen LogP contribution in [-0.2, 0) is 9.53 Å². The molecular weight excluding hydrogens is 354 g/mol. The van der Waals surface area contributed by atoms with Gasteiger partial charge in [0.1, 0.15) is 5.60 Å². The number of aliphatic hydroxyl groups excluding tert-OH is 1. The van der Waals surface area contributed by atoms with Gasteiger partial charge in [-0.05, 0) is 87.2 Å². The molecule has 0 aromatic carbocycles. The van der Waals surface area contributed by atoms with Gasteiger partial charge in [0.25, 0.3) is 0 Å². The molecule has 5 aliphatic rings. The first-order valence-electron chi connectivity index (χ1n) is 11.0. The Kier molecular flexibility index (Phi) is 4.24. The summed E-state index contributed by atoms with van der Waals surface area (Å²) < 4.78 is 5.99. The molecule has 152 valence electrons. The lowest BCUT2D eigenvalue weighted by atomic mass is 9.48. The van der Waals surface area contributed by atoms with Crippen molar-refractivity contribution in [3.8, 4) is 0 Å². The van der Waals surface area contributed by atoms with E-state index in [9.17, 15) is 15.1 Å². The van der Waals surface area contributed by atoms with E-state index < -0.39 is 5.60 Å². The summed E-state index contributed by atoms with van der Waals surface area (Å²) in [4.78, 5) is 12.0. The Morgan fingerprint density at radius 1 is 1.25 bits per heavy atom. The Labute approximate surface area is 166 Å². The van der Waals surface area contributed by atoms with Gasteiger partial charge in [0, 0.05) is 24.0 Å². The van der Waals surface area contributed by atoms with E-state index in [0.717, 1.165) is 57.1 Å². The lowest BCUT2D eigenvalue weighted by Crippen LogP contribution is -2.54. The van der Waals surface area contributed by atoms with Gasteiger partial charge in [-0.1, -0.05) is 17.7 Å². The number of rotatable bonds is 2. The van der Waals surface area contributed by atoms with E-state index in [1.54, 1.807) is 6.08 Å². The van der Waals surface area contributed by atoms with Gasteiger partial charge in [-0.25, -0.2) is 4.79 Å². The molecule has 1 heterocycles. The second-order valence-electron chi connectivity index (χ2n) is 9.66. The number of hydrogen-bond donors (Lipinski definition) is 2. The smallest absolute Gasteiger partial charge is 0.331 e. The summed E-state index contributed by atoms with van der Waals surface area (Å²) in [6.07, 6.45) is 14.0. The Morgan fingerprint density at radius 3 is 2.79 bits per heavy atom. The molecule has 2 N–H and O–H groups in total. The normalized spacial score (nSPS) is 48.2. The van der Waals surface area contributed by atoms with Crippen LogP contribution < -0.4 is 0 Å². The molecule has 0 amide bonds.